The van der Waals surface area contributed by atoms with Crippen LogP contribution in [0.15, 0.2) is 61.2 Å². The average Bonchev–Trinajstić information content (AvgIpc) is 2.59. The molecule has 2 aromatic carbocycles. The zero-order valence-electron chi connectivity index (χ0n) is 13.0. The van der Waals surface area contributed by atoms with E-state index < -0.39 is 0 Å². The number of halogens is 1. The number of allylic oxidation sites excluding steroid dienone is 1. The quantitative estimate of drug-likeness (QED) is 0.741. The van der Waals surface area contributed by atoms with E-state index in [4.69, 9.17) is 11.6 Å². The first-order chi connectivity index (χ1) is 11.2. The fourth-order valence-corrected chi connectivity index (χ4v) is 3.48. The molecule has 1 aliphatic heterocycles. The monoisotopic (exact) mass is 325 g/mol. The van der Waals surface area contributed by atoms with E-state index in [0.29, 0.717) is 17.9 Å². The molecule has 118 valence electrons. The number of carbonyl (C=O) groups is 1. The Balaban J connectivity index is 2.05. The fourth-order valence-electron chi connectivity index (χ4n) is 3.24. The van der Waals surface area contributed by atoms with Crippen LogP contribution in [0.1, 0.15) is 35.6 Å². The predicted molar refractivity (Wildman–Crippen MR) is 94.6 cm³/mol. The topological polar surface area (TPSA) is 20.3 Å². The molecule has 1 atom stereocenters. The molecule has 1 unspecified atom stereocenters. The molecule has 0 spiro atoms. The van der Waals surface area contributed by atoms with Crippen LogP contribution in [-0.4, -0.2) is 17.4 Å². The van der Waals surface area contributed by atoms with Gasteiger partial charge >= 0.3 is 0 Å². The van der Waals surface area contributed by atoms with E-state index in [-0.39, 0.29) is 11.9 Å². The largest absolute Gasteiger partial charge is 0.331 e. The van der Waals surface area contributed by atoms with Gasteiger partial charge in [-0.05, 0) is 35.6 Å². The van der Waals surface area contributed by atoms with Gasteiger partial charge in [-0.2, -0.15) is 0 Å². The Labute approximate surface area is 142 Å². The highest BCUT2D eigenvalue weighted by Gasteiger charge is 2.32. The molecule has 0 aliphatic carbocycles. The Morgan fingerprint density at radius 3 is 2.61 bits per heavy atom. The lowest BCUT2D eigenvalue weighted by Crippen LogP contribution is -2.40. The Morgan fingerprint density at radius 1 is 1.17 bits per heavy atom. The SMILES string of the molecule is C=CCCC(=O)N1CCc2ccccc2C1c1ccccc1Cl. The maximum absolute atomic E-state index is 12.7. The number of benzene rings is 2. The van der Waals surface area contributed by atoms with Crippen LogP contribution in [0.4, 0.5) is 0 Å². The van der Waals surface area contributed by atoms with E-state index >= 15 is 0 Å². The van der Waals surface area contributed by atoms with Crippen molar-refractivity contribution < 1.29 is 4.79 Å². The Hall–Kier alpha value is -2.06. The summed E-state index contributed by atoms with van der Waals surface area (Å²) in [5.74, 6) is 0.157. The van der Waals surface area contributed by atoms with E-state index in [9.17, 15) is 4.79 Å². The highest BCUT2D eigenvalue weighted by atomic mass is 35.5. The number of fused-ring (bicyclic) bond motifs is 1. The smallest absolute Gasteiger partial charge is 0.223 e. The number of nitrogens with zero attached hydrogens (tertiary/aromatic N) is 1. The molecule has 0 radical (unpaired) electrons. The van der Waals surface area contributed by atoms with Crippen molar-refractivity contribution in [3.63, 3.8) is 0 Å². The second-order valence-corrected chi connectivity index (χ2v) is 6.19. The van der Waals surface area contributed by atoms with Gasteiger partial charge in [-0.15, -0.1) is 6.58 Å². The Bertz CT molecular complexity index is 725. The number of carbonyl (C=O) groups excluding carboxylic acids is 1. The first-order valence-electron chi connectivity index (χ1n) is 7.95. The van der Waals surface area contributed by atoms with Crippen molar-refractivity contribution >= 4 is 17.5 Å². The van der Waals surface area contributed by atoms with E-state index in [2.05, 4.69) is 24.8 Å². The fraction of sp³-hybridized carbons (Fsp3) is 0.250. The van der Waals surface area contributed by atoms with Gasteiger partial charge in [0.1, 0.15) is 0 Å². The highest BCUT2D eigenvalue weighted by molar-refractivity contribution is 6.31. The molecule has 2 nitrogen and oxygen atoms in total. The molecule has 3 heteroatoms. The van der Waals surface area contributed by atoms with Crippen LogP contribution >= 0.6 is 11.6 Å². The van der Waals surface area contributed by atoms with Gasteiger partial charge in [0.15, 0.2) is 0 Å². The lowest BCUT2D eigenvalue weighted by Gasteiger charge is -2.38. The van der Waals surface area contributed by atoms with E-state index in [0.717, 1.165) is 18.5 Å². The van der Waals surface area contributed by atoms with Crippen LogP contribution in [0.2, 0.25) is 5.02 Å². The lowest BCUT2D eigenvalue weighted by molar-refractivity contribution is -0.133. The molecule has 3 rings (SSSR count). The van der Waals surface area contributed by atoms with Crippen LogP contribution < -0.4 is 0 Å². The van der Waals surface area contributed by atoms with Gasteiger partial charge in [0.25, 0.3) is 0 Å². The molecule has 0 saturated carbocycles. The minimum absolute atomic E-state index is 0.106. The van der Waals surface area contributed by atoms with Gasteiger partial charge in [0.05, 0.1) is 6.04 Å². The number of hydrogen-bond donors (Lipinski definition) is 0. The van der Waals surface area contributed by atoms with Crippen molar-refractivity contribution in [2.75, 3.05) is 6.54 Å². The summed E-state index contributed by atoms with van der Waals surface area (Å²) in [6.45, 7) is 4.44. The minimum atomic E-state index is -0.106. The molecule has 2 aromatic rings. The standard InChI is InChI=1S/C20H20ClNO/c1-2-3-12-19(23)22-14-13-15-8-4-5-9-16(15)20(22)17-10-6-7-11-18(17)21/h2,4-11,20H,1,3,12-14H2. The molecule has 1 amide bonds. The van der Waals surface area contributed by atoms with Gasteiger partial charge in [-0.25, -0.2) is 0 Å². The molecule has 0 N–H and O–H groups in total. The first-order valence-corrected chi connectivity index (χ1v) is 8.32. The number of hydrogen-bond acceptors (Lipinski definition) is 1. The van der Waals surface area contributed by atoms with Gasteiger partial charge in [-0.3, -0.25) is 4.79 Å². The summed E-state index contributed by atoms with van der Waals surface area (Å²) < 4.78 is 0. The summed E-state index contributed by atoms with van der Waals surface area (Å²) in [6, 6.07) is 16.0. The van der Waals surface area contributed by atoms with Gasteiger partial charge < -0.3 is 4.90 Å². The van der Waals surface area contributed by atoms with Gasteiger partial charge in [0, 0.05) is 18.0 Å². The Kier molecular flexibility index (Phi) is 4.82. The third kappa shape index (κ3) is 3.18. The van der Waals surface area contributed by atoms with E-state index in [1.54, 1.807) is 6.08 Å². The second kappa shape index (κ2) is 7.01. The lowest BCUT2D eigenvalue weighted by atomic mass is 9.88. The second-order valence-electron chi connectivity index (χ2n) is 5.79. The van der Waals surface area contributed by atoms with Crippen molar-refractivity contribution in [3.05, 3.63) is 82.9 Å². The summed E-state index contributed by atoms with van der Waals surface area (Å²) in [7, 11) is 0. The third-order valence-corrected chi connectivity index (χ3v) is 4.71. The Morgan fingerprint density at radius 2 is 1.87 bits per heavy atom. The number of rotatable bonds is 4. The maximum atomic E-state index is 12.7. The molecular formula is C20H20ClNO. The first kappa shape index (κ1) is 15.8. The summed E-state index contributed by atoms with van der Waals surface area (Å²) in [5.41, 5.74) is 3.47. The van der Waals surface area contributed by atoms with Crippen LogP contribution in [0.3, 0.4) is 0 Å². The van der Waals surface area contributed by atoms with Crippen molar-refractivity contribution in [2.24, 2.45) is 0 Å². The van der Waals surface area contributed by atoms with E-state index in [1.165, 1.54) is 11.1 Å². The van der Waals surface area contributed by atoms with Crippen LogP contribution in [0.25, 0.3) is 0 Å². The van der Waals surface area contributed by atoms with Crippen molar-refractivity contribution in [2.45, 2.75) is 25.3 Å². The summed E-state index contributed by atoms with van der Waals surface area (Å²) in [6.07, 6.45) is 3.87. The molecule has 0 saturated heterocycles. The summed E-state index contributed by atoms with van der Waals surface area (Å²) in [4.78, 5) is 14.7. The van der Waals surface area contributed by atoms with Gasteiger partial charge in [-0.1, -0.05) is 60.1 Å². The van der Waals surface area contributed by atoms with Crippen molar-refractivity contribution in [1.82, 2.24) is 4.90 Å². The van der Waals surface area contributed by atoms with Crippen LogP contribution in [-0.2, 0) is 11.2 Å². The minimum Gasteiger partial charge on any atom is -0.331 e. The van der Waals surface area contributed by atoms with Crippen LogP contribution in [0, 0.1) is 0 Å². The molecular weight excluding hydrogens is 306 g/mol. The molecule has 1 heterocycles. The zero-order valence-corrected chi connectivity index (χ0v) is 13.8. The highest BCUT2D eigenvalue weighted by Crippen LogP contribution is 2.38. The summed E-state index contributed by atoms with van der Waals surface area (Å²) in [5, 5.41) is 0.704. The third-order valence-electron chi connectivity index (χ3n) is 4.37. The van der Waals surface area contributed by atoms with Crippen molar-refractivity contribution in [3.8, 4) is 0 Å². The molecule has 0 fully saturated rings. The van der Waals surface area contributed by atoms with Crippen molar-refractivity contribution in [1.29, 1.82) is 0 Å². The van der Waals surface area contributed by atoms with Gasteiger partial charge in [0.2, 0.25) is 5.91 Å². The zero-order chi connectivity index (χ0) is 16.2. The predicted octanol–water partition coefficient (Wildman–Crippen LogP) is 4.78. The number of amides is 1. The average molecular weight is 326 g/mol. The molecule has 1 aliphatic rings. The van der Waals surface area contributed by atoms with E-state index in [1.807, 2.05) is 35.2 Å². The molecule has 0 bridgehead atoms. The van der Waals surface area contributed by atoms with Crippen LogP contribution in [0.5, 0.6) is 0 Å². The summed E-state index contributed by atoms with van der Waals surface area (Å²) >= 11 is 6.44. The molecule has 0 aromatic heterocycles. The molecule has 23 heavy (non-hydrogen) atoms. The maximum Gasteiger partial charge on any atom is 0.223 e. The normalized spacial score (nSPS) is 16.7.